The van der Waals surface area contributed by atoms with Crippen molar-refractivity contribution in [2.45, 2.75) is 12.5 Å². The summed E-state index contributed by atoms with van der Waals surface area (Å²) in [7, 11) is 0. The fraction of sp³-hybridized carbons (Fsp3) is 0.538. The van der Waals surface area contributed by atoms with E-state index >= 15 is 0 Å². The molecule has 0 aliphatic carbocycles. The number of benzene rings is 1. The molecule has 0 radical (unpaired) electrons. The number of ether oxygens (including phenoxy) is 1. The van der Waals surface area contributed by atoms with Crippen LogP contribution in [0.15, 0.2) is 18.2 Å². The van der Waals surface area contributed by atoms with Gasteiger partial charge in [-0.2, -0.15) is 0 Å². The van der Waals surface area contributed by atoms with Crippen LogP contribution in [0.4, 0.5) is 5.69 Å². The Morgan fingerprint density at radius 3 is 2.78 bits per heavy atom. The minimum atomic E-state index is -0.493. The Labute approximate surface area is 112 Å². The molecule has 0 bridgehead atoms. The highest BCUT2D eigenvalue weighted by molar-refractivity contribution is 6.33. The summed E-state index contributed by atoms with van der Waals surface area (Å²) in [6.45, 7) is 4.31. The molecule has 1 aromatic carbocycles. The fourth-order valence-corrected chi connectivity index (χ4v) is 2.18. The first-order valence-electron chi connectivity index (χ1n) is 6.20. The molecule has 1 aliphatic rings. The number of rotatable bonds is 4. The molecule has 4 nitrogen and oxygen atoms in total. The van der Waals surface area contributed by atoms with Gasteiger partial charge in [0.05, 0.1) is 30.0 Å². The lowest BCUT2D eigenvalue weighted by molar-refractivity contribution is 0.0300. The summed E-state index contributed by atoms with van der Waals surface area (Å²) in [4.78, 5) is 2.30. The summed E-state index contributed by atoms with van der Waals surface area (Å²) in [5.74, 6) is 0. The monoisotopic (exact) mass is 270 g/mol. The zero-order valence-electron chi connectivity index (χ0n) is 10.3. The summed E-state index contributed by atoms with van der Waals surface area (Å²) in [6, 6.07) is 5.29. The largest absolute Gasteiger partial charge is 0.398 e. The van der Waals surface area contributed by atoms with Crippen LogP contribution in [0.5, 0.6) is 0 Å². The Hall–Kier alpha value is -0.810. The Bertz CT molecular complexity index is 395. The fourth-order valence-electron chi connectivity index (χ4n) is 2.07. The molecule has 1 aromatic rings. The second kappa shape index (κ2) is 6.38. The van der Waals surface area contributed by atoms with E-state index in [1.54, 1.807) is 12.1 Å². The third kappa shape index (κ3) is 3.59. The molecular weight excluding hydrogens is 252 g/mol. The van der Waals surface area contributed by atoms with Crippen molar-refractivity contribution in [1.29, 1.82) is 0 Å². The quantitative estimate of drug-likeness (QED) is 0.818. The van der Waals surface area contributed by atoms with E-state index in [1.807, 2.05) is 6.07 Å². The van der Waals surface area contributed by atoms with Crippen molar-refractivity contribution >= 4 is 17.3 Å². The molecule has 1 fully saturated rings. The topological polar surface area (TPSA) is 58.7 Å². The molecular formula is C13H19ClN2O2. The summed E-state index contributed by atoms with van der Waals surface area (Å²) in [6.07, 6.45) is 0.202. The van der Waals surface area contributed by atoms with Crippen LogP contribution in [-0.4, -0.2) is 42.9 Å². The first kappa shape index (κ1) is 13.6. The summed E-state index contributed by atoms with van der Waals surface area (Å²) in [5.41, 5.74) is 7.07. The molecule has 0 aromatic heterocycles. The molecule has 0 saturated carbocycles. The third-order valence-corrected chi connectivity index (χ3v) is 3.57. The average Bonchev–Trinajstić information content (AvgIpc) is 2.40. The number of nitrogen functional groups attached to an aromatic ring is 1. The third-order valence-electron chi connectivity index (χ3n) is 3.23. The van der Waals surface area contributed by atoms with Crippen LogP contribution in [0.2, 0.25) is 5.02 Å². The highest BCUT2D eigenvalue weighted by atomic mass is 35.5. The van der Waals surface area contributed by atoms with Gasteiger partial charge in [-0.25, -0.2) is 0 Å². The Morgan fingerprint density at radius 1 is 1.39 bits per heavy atom. The lowest BCUT2D eigenvalue weighted by Crippen LogP contribution is -2.37. The standard InChI is InChI=1S/C13H19ClN2O2/c14-11-2-1-10(9-12(11)15)13(17)3-4-16-5-7-18-8-6-16/h1-2,9,13,17H,3-8,15H2. The van der Waals surface area contributed by atoms with E-state index in [-0.39, 0.29) is 0 Å². The van der Waals surface area contributed by atoms with Crippen LogP contribution < -0.4 is 5.73 Å². The van der Waals surface area contributed by atoms with Crippen LogP contribution in [-0.2, 0) is 4.74 Å². The van der Waals surface area contributed by atoms with Gasteiger partial charge in [0.1, 0.15) is 0 Å². The van der Waals surface area contributed by atoms with Crippen molar-refractivity contribution in [3.05, 3.63) is 28.8 Å². The van der Waals surface area contributed by atoms with Crippen LogP contribution in [0, 0.1) is 0 Å². The summed E-state index contributed by atoms with van der Waals surface area (Å²) in [5, 5.41) is 10.6. The van der Waals surface area contributed by atoms with Gasteiger partial charge in [-0.05, 0) is 24.1 Å². The van der Waals surface area contributed by atoms with Gasteiger partial charge >= 0.3 is 0 Å². The maximum absolute atomic E-state index is 10.1. The number of nitrogens with two attached hydrogens (primary N) is 1. The van der Waals surface area contributed by atoms with Crippen LogP contribution in [0.3, 0.4) is 0 Å². The lowest BCUT2D eigenvalue weighted by atomic mass is 10.1. The van der Waals surface area contributed by atoms with Crippen LogP contribution in [0.25, 0.3) is 0 Å². The van der Waals surface area contributed by atoms with Crippen molar-refractivity contribution < 1.29 is 9.84 Å². The van der Waals surface area contributed by atoms with Crippen molar-refractivity contribution in [3.8, 4) is 0 Å². The van der Waals surface area contributed by atoms with E-state index < -0.39 is 6.10 Å². The molecule has 18 heavy (non-hydrogen) atoms. The number of nitrogens with zero attached hydrogens (tertiary/aromatic N) is 1. The average molecular weight is 271 g/mol. The second-order valence-electron chi connectivity index (χ2n) is 4.54. The zero-order valence-corrected chi connectivity index (χ0v) is 11.1. The molecule has 1 saturated heterocycles. The number of anilines is 1. The molecule has 0 amide bonds. The number of hydrogen-bond donors (Lipinski definition) is 2. The van der Waals surface area contributed by atoms with E-state index in [9.17, 15) is 5.11 Å². The van der Waals surface area contributed by atoms with Gasteiger partial charge < -0.3 is 15.6 Å². The van der Waals surface area contributed by atoms with Gasteiger partial charge in [0, 0.05) is 19.6 Å². The van der Waals surface area contributed by atoms with Crippen molar-refractivity contribution in [2.24, 2.45) is 0 Å². The minimum absolute atomic E-state index is 0.493. The first-order valence-corrected chi connectivity index (χ1v) is 6.57. The molecule has 1 aliphatic heterocycles. The van der Waals surface area contributed by atoms with Crippen LogP contribution >= 0.6 is 11.6 Å². The van der Waals surface area contributed by atoms with Gasteiger partial charge in [0.2, 0.25) is 0 Å². The predicted molar refractivity (Wildman–Crippen MR) is 72.7 cm³/mol. The van der Waals surface area contributed by atoms with Crippen LogP contribution in [0.1, 0.15) is 18.1 Å². The van der Waals surface area contributed by atoms with Gasteiger partial charge in [0.15, 0.2) is 0 Å². The molecule has 1 unspecified atom stereocenters. The number of hydrogen-bond acceptors (Lipinski definition) is 4. The van der Waals surface area contributed by atoms with Crippen molar-refractivity contribution in [3.63, 3.8) is 0 Å². The Kier molecular flexibility index (Phi) is 4.83. The number of morpholine rings is 1. The molecule has 2 rings (SSSR count). The molecule has 3 N–H and O–H groups in total. The second-order valence-corrected chi connectivity index (χ2v) is 4.95. The first-order chi connectivity index (χ1) is 8.66. The summed E-state index contributed by atoms with van der Waals surface area (Å²) < 4.78 is 5.28. The maximum atomic E-state index is 10.1. The Balaban J connectivity index is 1.86. The molecule has 0 spiro atoms. The smallest absolute Gasteiger partial charge is 0.0803 e. The van der Waals surface area contributed by atoms with E-state index in [1.165, 1.54) is 0 Å². The number of aliphatic hydroxyl groups is 1. The van der Waals surface area contributed by atoms with E-state index in [2.05, 4.69) is 4.90 Å². The van der Waals surface area contributed by atoms with Crippen molar-refractivity contribution in [2.75, 3.05) is 38.6 Å². The minimum Gasteiger partial charge on any atom is -0.398 e. The highest BCUT2D eigenvalue weighted by Gasteiger charge is 2.14. The lowest BCUT2D eigenvalue weighted by Gasteiger charge is -2.27. The number of halogens is 1. The number of aliphatic hydroxyl groups excluding tert-OH is 1. The zero-order chi connectivity index (χ0) is 13.0. The van der Waals surface area contributed by atoms with Gasteiger partial charge in [0.25, 0.3) is 0 Å². The van der Waals surface area contributed by atoms with Crippen molar-refractivity contribution in [1.82, 2.24) is 4.90 Å². The molecule has 100 valence electrons. The van der Waals surface area contributed by atoms with E-state index in [4.69, 9.17) is 22.1 Å². The van der Waals surface area contributed by atoms with Gasteiger partial charge in [-0.3, -0.25) is 4.90 Å². The van der Waals surface area contributed by atoms with E-state index in [0.717, 1.165) is 38.4 Å². The molecule has 1 atom stereocenters. The van der Waals surface area contributed by atoms with E-state index in [0.29, 0.717) is 17.1 Å². The normalized spacial score (nSPS) is 18.8. The summed E-state index contributed by atoms with van der Waals surface area (Å²) >= 11 is 5.86. The Morgan fingerprint density at radius 2 is 2.11 bits per heavy atom. The maximum Gasteiger partial charge on any atom is 0.0803 e. The van der Waals surface area contributed by atoms with Gasteiger partial charge in [-0.1, -0.05) is 17.7 Å². The molecule has 5 heteroatoms. The SMILES string of the molecule is Nc1cc(C(O)CCN2CCOCC2)ccc1Cl. The highest BCUT2D eigenvalue weighted by Crippen LogP contribution is 2.25. The molecule has 1 heterocycles. The predicted octanol–water partition coefficient (Wildman–Crippen LogP) is 1.68. The van der Waals surface area contributed by atoms with Gasteiger partial charge in [-0.15, -0.1) is 0 Å².